The largest absolute Gasteiger partial charge is 0.457 e. The van der Waals surface area contributed by atoms with Crippen LogP contribution in [0.3, 0.4) is 0 Å². The number of esters is 1. The minimum Gasteiger partial charge on any atom is -0.457 e. The summed E-state index contributed by atoms with van der Waals surface area (Å²) in [5, 5.41) is 26.4. The Morgan fingerprint density at radius 3 is 2.73 bits per heavy atom. The van der Waals surface area contributed by atoms with Crippen LogP contribution in [0.4, 0.5) is 0 Å². The van der Waals surface area contributed by atoms with Gasteiger partial charge in [-0.3, -0.25) is 4.79 Å². The fourth-order valence-electron chi connectivity index (χ4n) is 1.00. The summed E-state index contributed by atoms with van der Waals surface area (Å²) < 4.78 is 4.53. The van der Waals surface area contributed by atoms with Crippen LogP contribution in [-0.4, -0.2) is 46.2 Å². The summed E-state index contributed by atoms with van der Waals surface area (Å²) >= 11 is 0. The molecule has 0 bridgehead atoms. The Kier molecular flexibility index (Phi) is 2.43. The smallest absolute Gasteiger partial charge is 0.309 e. The second-order valence-electron chi connectivity index (χ2n) is 2.48. The van der Waals surface area contributed by atoms with Crippen molar-refractivity contribution < 1.29 is 24.9 Å². The second kappa shape index (κ2) is 3.17. The van der Waals surface area contributed by atoms with E-state index >= 15 is 0 Å². The predicted octanol–water partition coefficient (Wildman–Crippen LogP) is -1.98. The minimum absolute atomic E-state index is 0.109. The first-order valence-electron chi connectivity index (χ1n) is 3.31. The molecule has 0 aromatic rings. The van der Waals surface area contributed by atoms with Crippen LogP contribution in [0.25, 0.3) is 0 Å². The number of ether oxygens (including phenoxy) is 1. The molecular formula is C6H10O5. The van der Waals surface area contributed by atoms with Crippen molar-refractivity contribution in [2.75, 3.05) is 6.61 Å². The molecule has 1 aliphatic heterocycles. The van der Waals surface area contributed by atoms with Crippen LogP contribution in [-0.2, 0) is 9.53 Å². The van der Waals surface area contributed by atoms with Crippen LogP contribution < -0.4 is 0 Å². The monoisotopic (exact) mass is 162 g/mol. The van der Waals surface area contributed by atoms with E-state index in [4.69, 9.17) is 15.3 Å². The van der Waals surface area contributed by atoms with Gasteiger partial charge in [0, 0.05) is 0 Å². The normalized spacial score (nSPS) is 33.5. The van der Waals surface area contributed by atoms with E-state index in [9.17, 15) is 4.79 Å². The third-order valence-electron chi connectivity index (χ3n) is 1.59. The van der Waals surface area contributed by atoms with Gasteiger partial charge in [-0.25, -0.2) is 0 Å². The van der Waals surface area contributed by atoms with Gasteiger partial charge in [-0.05, 0) is 0 Å². The summed E-state index contributed by atoms with van der Waals surface area (Å²) in [5.41, 5.74) is 0. The zero-order valence-corrected chi connectivity index (χ0v) is 5.80. The van der Waals surface area contributed by atoms with Gasteiger partial charge in [-0.2, -0.15) is 0 Å². The summed E-state index contributed by atoms with van der Waals surface area (Å²) in [7, 11) is 0. The first-order valence-corrected chi connectivity index (χ1v) is 3.31. The lowest BCUT2D eigenvalue weighted by Crippen LogP contribution is -2.36. The Balaban J connectivity index is 2.52. The number of hydrogen-bond donors (Lipinski definition) is 3. The Bertz CT molecular complexity index is 157. The maximum Gasteiger partial charge on any atom is 0.309 e. The highest BCUT2D eigenvalue weighted by molar-refractivity contribution is 5.72. The highest BCUT2D eigenvalue weighted by atomic mass is 16.6. The fourth-order valence-corrected chi connectivity index (χ4v) is 1.00. The van der Waals surface area contributed by atoms with Crippen molar-refractivity contribution in [1.29, 1.82) is 0 Å². The number of hydrogen-bond acceptors (Lipinski definition) is 5. The molecule has 0 unspecified atom stereocenters. The molecule has 3 atom stereocenters. The van der Waals surface area contributed by atoms with Crippen molar-refractivity contribution in [2.45, 2.75) is 24.7 Å². The van der Waals surface area contributed by atoms with E-state index in [0.717, 1.165) is 0 Å². The molecule has 0 saturated carbocycles. The van der Waals surface area contributed by atoms with Gasteiger partial charge in [0.1, 0.15) is 12.2 Å². The van der Waals surface area contributed by atoms with E-state index in [1.165, 1.54) is 0 Å². The molecule has 1 heterocycles. The Morgan fingerprint density at radius 1 is 1.73 bits per heavy atom. The van der Waals surface area contributed by atoms with Gasteiger partial charge >= 0.3 is 5.97 Å². The molecule has 0 aromatic carbocycles. The van der Waals surface area contributed by atoms with Crippen LogP contribution in [0, 0.1) is 0 Å². The number of carbonyl (C=O) groups excluding carboxylic acids is 1. The third-order valence-corrected chi connectivity index (χ3v) is 1.59. The van der Waals surface area contributed by atoms with Crippen molar-refractivity contribution in [1.82, 2.24) is 0 Å². The lowest BCUT2D eigenvalue weighted by molar-refractivity contribution is -0.147. The number of carbonyl (C=O) groups is 1. The number of aliphatic hydroxyl groups is 3. The van der Waals surface area contributed by atoms with E-state index < -0.39 is 30.9 Å². The van der Waals surface area contributed by atoms with Crippen LogP contribution >= 0.6 is 0 Å². The molecular weight excluding hydrogens is 152 g/mol. The zero-order valence-electron chi connectivity index (χ0n) is 5.80. The van der Waals surface area contributed by atoms with Gasteiger partial charge < -0.3 is 20.1 Å². The van der Waals surface area contributed by atoms with Crippen LogP contribution in [0.15, 0.2) is 0 Å². The number of cyclic esters (lactones) is 1. The summed E-state index contributed by atoms with van der Waals surface area (Å²) in [5.74, 6) is -0.546. The lowest BCUT2D eigenvalue weighted by Gasteiger charge is -2.16. The highest BCUT2D eigenvalue weighted by Crippen LogP contribution is 2.17. The molecule has 64 valence electrons. The molecule has 5 heteroatoms. The average molecular weight is 162 g/mol. The van der Waals surface area contributed by atoms with Gasteiger partial charge in [0.2, 0.25) is 0 Å². The molecule has 5 nitrogen and oxygen atoms in total. The molecule has 1 fully saturated rings. The second-order valence-corrected chi connectivity index (χ2v) is 2.48. The van der Waals surface area contributed by atoms with Gasteiger partial charge in [-0.1, -0.05) is 0 Å². The molecule has 1 rings (SSSR count). The summed E-state index contributed by atoms with van der Waals surface area (Å²) in [4.78, 5) is 10.5. The highest BCUT2D eigenvalue weighted by Gasteiger charge is 2.37. The Labute approximate surface area is 63.2 Å². The minimum atomic E-state index is -1.18. The molecule has 0 aliphatic carbocycles. The predicted molar refractivity (Wildman–Crippen MR) is 33.6 cm³/mol. The molecule has 3 N–H and O–H groups in total. The first-order chi connectivity index (χ1) is 5.15. The van der Waals surface area contributed by atoms with E-state index in [1.807, 2.05) is 0 Å². The van der Waals surface area contributed by atoms with Crippen molar-refractivity contribution >= 4 is 5.97 Å². The fraction of sp³-hybridized carbons (Fsp3) is 0.833. The molecule has 0 spiro atoms. The van der Waals surface area contributed by atoms with Crippen LogP contribution in [0.2, 0.25) is 0 Å². The number of aliphatic hydroxyl groups excluding tert-OH is 3. The van der Waals surface area contributed by atoms with E-state index in [-0.39, 0.29) is 6.42 Å². The van der Waals surface area contributed by atoms with Crippen molar-refractivity contribution in [2.24, 2.45) is 0 Å². The molecule has 0 radical (unpaired) electrons. The molecule has 0 aromatic heterocycles. The Hall–Kier alpha value is -0.650. The van der Waals surface area contributed by atoms with Crippen LogP contribution in [0.1, 0.15) is 6.42 Å². The van der Waals surface area contributed by atoms with Gasteiger partial charge in [0.25, 0.3) is 0 Å². The summed E-state index contributed by atoms with van der Waals surface area (Å²) in [6.45, 7) is -0.519. The lowest BCUT2D eigenvalue weighted by atomic mass is 10.1. The Morgan fingerprint density at radius 2 is 2.36 bits per heavy atom. The maximum absolute atomic E-state index is 10.5. The topological polar surface area (TPSA) is 87.0 Å². The molecule has 1 saturated heterocycles. The third kappa shape index (κ3) is 1.68. The average Bonchev–Trinajstić information content (AvgIpc) is 2.28. The van der Waals surface area contributed by atoms with E-state index in [1.54, 1.807) is 0 Å². The zero-order chi connectivity index (χ0) is 8.43. The molecule has 0 amide bonds. The quantitative estimate of drug-likeness (QED) is 0.409. The van der Waals surface area contributed by atoms with Crippen LogP contribution in [0.5, 0.6) is 0 Å². The van der Waals surface area contributed by atoms with Gasteiger partial charge in [0.05, 0.1) is 13.0 Å². The van der Waals surface area contributed by atoms with E-state index in [2.05, 4.69) is 4.74 Å². The molecule has 1 aliphatic rings. The van der Waals surface area contributed by atoms with E-state index in [0.29, 0.717) is 0 Å². The summed E-state index contributed by atoms with van der Waals surface area (Å²) in [6, 6.07) is 0. The standard InChI is InChI=1S/C6H10O5/c7-2-4(9)6-3(8)1-5(10)11-6/h3-4,6-9H,1-2H2/t3-,4-,6+/m0/s1. The van der Waals surface area contributed by atoms with Gasteiger partial charge in [0.15, 0.2) is 6.10 Å². The van der Waals surface area contributed by atoms with Gasteiger partial charge in [-0.15, -0.1) is 0 Å². The maximum atomic E-state index is 10.5. The van der Waals surface area contributed by atoms with Crippen molar-refractivity contribution in [3.8, 4) is 0 Å². The summed E-state index contributed by atoms with van der Waals surface area (Å²) in [6.07, 6.45) is -3.25. The SMILES string of the molecule is O=C1C[C@H](O)[C@H]([C@@H](O)CO)O1. The van der Waals surface area contributed by atoms with Crippen molar-refractivity contribution in [3.63, 3.8) is 0 Å². The number of rotatable bonds is 2. The molecule has 11 heavy (non-hydrogen) atoms. The van der Waals surface area contributed by atoms with Crippen molar-refractivity contribution in [3.05, 3.63) is 0 Å². The first kappa shape index (κ1) is 8.45.